The Bertz CT molecular complexity index is 292. The van der Waals surface area contributed by atoms with Crippen molar-refractivity contribution in [1.82, 2.24) is 4.98 Å². The lowest BCUT2D eigenvalue weighted by atomic mass is 10.2. The van der Waals surface area contributed by atoms with Crippen LogP contribution in [0.1, 0.15) is 18.4 Å². The molecule has 12 heavy (non-hydrogen) atoms. The number of nitrogens with two attached hydrogens (primary N) is 1. The molecular weight excluding hydrogens is 150 g/mol. The van der Waals surface area contributed by atoms with Gasteiger partial charge in [0.25, 0.3) is 0 Å². The van der Waals surface area contributed by atoms with Crippen molar-refractivity contribution in [2.45, 2.75) is 25.8 Å². The van der Waals surface area contributed by atoms with Gasteiger partial charge in [0.2, 0.25) is 0 Å². The second kappa shape index (κ2) is 2.66. The third-order valence-corrected chi connectivity index (χ3v) is 2.13. The van der Waals surface area contributed by atoms with E-state index < -0.39 is 0 Å². The predicted octanol–water partition coefficient (Wildman–Crippen LogP) is 1.55. The normalized spacial score (nSPS) is 16.1. The zero-order valence-electron chi connectivity index (χ0n) is 7.17. The second-order valence-electron chi connectivity index (χ2n) is 3.31. The van der Waals surface area contributed by atoms with Gasteiger partial charge >= 0.3 is 0 Å². The number of nitrogens with one attached hydrogen (secondary N) is 1. The van der Waals surface area contributed by atoms with Crippen LogP contribution >= 0.6 is 0 Å². The van der Waals surface area contributed by atoms with Gasteiger partial charge in [0.1, 0.15) is 5.82 Å². The van der Waals surface area contributed by atoms with Gasteiger partial charge in [-0.05, 0) is 31.4 Å². The lowest BCUT2D eigenvalue weighted by Crippen LogP contribution is -2.06. The summed E-state index contributed by atoms with van der Waals surface area (Å²) in [6, 6.07) is 2.54. The van der Waals surface area contributed by atoms with E-state index >= 15 is 0 Å². The average molecular weight is 163 g/mol. The highest BCUT2D eigenvalue weighted by atomic mass is 15.1. The molecule has 0 spiro atoms. The van der Waals surface area contributed by atoms with E-state index in [1.165, 1.54) is 12.8 Å². The number of aromatic nitrogens is 1. The number of nitrogens with zero attached hydrogens (tertiary/aromatic N) is 1. The zero-order valence-corrected chi connectivity index (χ0v) is 7.17. The first-order chi connectivity index (χ1) is 5.77. The molecule has 1 aromatic rings. The van der Waals surface area contributed by atoms with Gasteiger partial charge in [-0.25, -0.2) is 4.98 Å². The molecule has 1 aliphatic rings. The standard InChI is InChI=1S/C9H13N3/c1-6-4-5-11-9(8(6)10)12-7-2-3-7/h4-5,7H,2-3,10H2,1H3,(H,11,12). The minimum Gasteiger partial charge on any atom is -0.396 e. The molecule has 1 saturated carbocycles. The van der Waals surface area contributed by atoms with Crippen molar-refractivity contribution in [1.29, 1.82) is 0 Å². The van der Waals surface area contributed by atoms with E-state index in [-0.39, 0.29) is 0 Å². The summed E-state index contributed by atoms with van der Waals surface area (Å²) in [5.41, 5.74) is 7.71. The van der Waals surface area contributed by atoms with Crippen LogP contribution < -0.4 is 11.1 Å². The second-order valence-corrected chi connectivity index (χ2v) is 3.31. The summed E-state index contributed by atoms with van der Waals surface area (Å²) in [7, 11) is 0. The lowest BCUT2D eigenvalue weighted by Gasteiger charge is -2.07. The Kier molecular flexibility index (Phi) is 1.64. The highest BCUT2D eigenvalue weighted by Gasteiger charge is 2.22. The van der Waals surface area contributed by atoms with Gasteiger partial charge in [-0.2, -0.15) is 0 Å². The Hall–Kier alpha value is -1.25. The third kappa shape index (κ3) is 1.35. The Morgan fingerprint density at radius 3 is 3.00 bits per heavy atom. The molecule has 1 aromatic heterocycles. The molecule has 0 bridgehead atoms. The van der Waals surface area contributed by atoms with Gasteiger partial charge in [0, 0.05) is 12.2 Å². The van der Waals surface area contributed by atoms with E-state index in [2.05, 4.69) is 10.3 Å². The van der Waals surface area contributed by atoms with Crippen LogP contribution in [0, 0.1) is 6.92 Å². The first-order valence-corrected chi connectivity index (χ1v) is 4.25. The zero-order chi connectivity index (χ0) is 8.55. The van der Waals surface area contributed by atoms with Gasteiger partial charge in [-0.15, -0.1) is 0 Å². The molecule has 0 radical (unpaired) electrons. The smallest absolute Gasteiger partial charge is 0.149 e. The molecule has 0 saturated heterocycles. The number of hydrogen-bond donors (Lipinski definition) is 2. The van der Waals surface area contributed by atoms with Crippen LogP contribution in [-0.2, 0) is 0 Å². The monoisotopic (exact) mass is 163 g/mol. The van der Waals surface area contributed by atoms with Gasteiger partial charge in [-0.1, -0.05) is 0 Å². The minimum absolute atomic E-state index is 0.613. The quantitative estimate of drug-likeness (QED) is 0.695. The van der Waals surface area contributed by atoms with E-state index in [1.807, 2.05) is 13.0 Å². The maximum atomic E-state index is 5.83. The fourth-order valence-corrected chi connectivity index (χ4v) is 1.11. The molecule has 1 fully saturated rings. The molecule has 1 heterocycles. The third-order valence-electron chi connectivity index (χ3n) is 2.13. The molecule has 2 rings (SSSR count). The van der Waals surface area contributed by atoms with Crippen molar-refractivity contribution in [3.63, 3.8) is 0 Å². The summed E-state index contributed by atoms with van der Waals surface area (Å²) in [4.78, 5) is 4.18. The number of pyridine rings is 1. The van der Waals surface area contributed by atoms with E-state index in [4.69, 9.17) is 5.73 Å². The molecule has 0 amide bonds. The van der Waals surface area contributed by atoms with Crippen molar-refractivity contribution in [3.8, 4) is 0 Å². The molecule has 64 valence electrons. The topological polar surface area (TPSA) is 50.9 Å². The molecule has 3 heteroatoms. The van der Waals surface area contributed by atoms with Crippen molar-refractivity contribution in [2.75, 3.05) is 11.1 Å². The van der Waals surface area contributed by atoms with Gasteiger partial charge in [0.05, 0.1) is 5.69 Å². The largest absolute Gasteiger partial charge is 0.396 e. The molecule has 3 N–H and O–H groups in total. The first-order valence-electron chi connectivity index (χ1n) is 4.25. The van der Waals surface area contributed by atoms with Gasteiger partial charge < -0.3 is 11.1 Å². The minimum atomic E-state index is 0.613. The van der Waals surface area contributed by atoms with Crippen LogP contribution in [0.4, 0.5) is 11.5 Å². The van der Waals surface area contributed by atoms with Crippen LogP contribution in [0.15, 0.2) is 12.3 Å². The lowest BCUT2D eigenvalue weighted by molar-refractivity contribution is 1.11. The van der Waals surface area contributed by atoms with Crippen molar-refractivity contribution in [2.24, 2.45) is 0 Å². The maximum Gasteiger partial charge on any atom is 0.149 e. The number of aryl methyl sites for hydroxylation is 1. The Morgan fingerprint density at radius 2 is 2.33 bits per heavy atom. The van der Waals surface area contributed by atoms with E-state index in [1.54, 1.807) is 6.20 Å². The first kappa shape index (κ1) is 7.40. The summed E-state index contributed by atoms with van der Waals surface area (Å²) in [5, 5.41) is 3.29. The highest BCUT2D eigenvalue weighted by molar-refractivity contribution is 5.65. The van der Waals surface area contributed by atoms with Gasteiger partial charge in [0.15, 0.2) is 0 Å². The van der Waals surface area contributed by atoms with Crippen molar-refractivity contribution < 1.29 is 0 Å². The van der Waals surface area contributed by atoms with Crippen molar-refractivity contribution >= 4 is 11.5 Å². The number of rotatable bonds is 2. The SMILES string of the molecule is Cc1ccnc(NC2CC2)c1N. The molecule has 0 atom stereocenters. The fourth-order valence-electron chi connectivity index (χ4n) is 1.11. The van der Waals surface area contributed by atoms with E-state index in [0.717, 1.165) is 17.1 Å². The van der Waals surface area contributed by atoms with E-state index in [9.17, 15) is 0 Å². The molecule has 0 aromatic carbocycles. The Labute approximate surface area is 72.0 Å². The van der Waals surface area contributed by atoms with Crippen molar-refractivity contribution in [3.05, 3.63) is 17.8 Å². The van der Waals surface area contributed by atoms with Crippen LogP contribution in [0.25, 0.3) is 0 Å². The maximum absolute atomic E-state index is 5.83. The summed E-state index contributed by atoms with van der Waals surface area (Å²) in [5.74, 6) is 0.845. The fraction of sp³-hybridized carbons (Fsp3) is 0.444. The summed E-state index contributed by atoms with van der Waals surface area (Å²) in [6.07, 6.45) is 4.28. The average Bonchev–Trinajstić information content (AvgIpc) is 2.83. The molecule has 1 aliphatic carbocycles. The molecule has 3 nitrogen and oxygen atoms in total. The number of hydrogen-bond acceptors (Lipinski definition) is 3. The van der Waals surface area contributed by atoms with Crippen LogP contribution in [-0.4, -0.2) is 11.0 Å². The van der Waals surface area contributed by atoms with Crippen LogP contribution in [0.3, 0.4) is 0 Å². The van der Waals surface area contributed by atoms with Crippen LogP contribution in [0.2, 0.25) is 0 Å². The van der Waals surface area contributed by atoms with Crippen LogP contribution in [0.5, 0.6) is 0 Å². The summed E-state index contributed by atoms with van der Waals surface area (Å²) < 4.78 is 0. The Morgan fingerprint density at radius 1 is 1.58 bits per heavy atom. The molecule has 0 unspecified atom stereocenters. The summed E-state index contributed by atoms with van der Waals surface area (Å²) in [6.45, 7) is 2.00. The number of nitrogen functional groups attached to an aromatic ring is 1. The Balaban J connectivity index is 2.23. The molecule has 0 aliphatic heterocycles. The highest BCUT2D eigenvalue weighted by Crippen LogP contribution is 2.27. The van der Waals surface area contributed by atoms with Gasteiger partial charge in [-0.3, -0.25) is 0 Å². The molecular formula is C9H13N3. The van der Waals surface area contributed by atoms with E-state index in [0.29, 0.717) is 6.04 Å². The number of anilines is 2. The summed E-state index contributed by atoms with van der Waals surface area (Å²) >= 11 is 0. The predicted molar refractivity (Wildman–Crippen MR) is 50.0 cm³/mol.